The van der Waals surface area contributed by atoms with Crippen LogP contribution < -0.4 is 5.32 Å². The number of aliphatic hydroxyl groups excluding tert-OH is 1. The number of ketones is 1. The van der Waals surface area contributed by atoms with Crippen molar-refractivity contribution in [1.29, 1.82) is 0 Å². The average molecular weight is 309 g/mol. The van der Waals surface area contributed by atoms with Gasteiger partial charge in [0.2, 0.25) is 0 Å². The number of carbonyl (C=O) groups excluding carboxylic acids is 1. The van der Waals surface area contributed by atoms with Crippen molar-refractivity contribution in [2.75, 3.05) is 0 Å². The summed E-state index contributed by atoms with van der Waals surface area (Å²) < 4.78 is 2.08. The van der Waals surface area contributed by atoms with E-state index in [1.54, 1.807) is 0 Å². The molecule has 0 radical (unpaired) electrons. The van der Waals surface area contributed by atoms with E-state index < -0.39 is 12.1 Å². The third-order valence-electron chi connectivity index (χ3n) is 4.93. The molecular formula is C18H19N3O2. The molecule has 4 rings (SSSR count). The van der Waals surface area contributed by atoms with E-state index in [0.29, 0.717) is 12.0 Å². The molecule has 2 N–H and O–H groups in total. The van der Waals surface area contributed by atoms with E-state index in [0.717, 1.165) is 34.9 Å². The predicted molar refractivity (Wildman–Crippen MR) is 86.5 cm³/mol. The Morgan fingerprint density at radius 1 is 1.26 bits per heavy atom. The molecule has 0 fully saturated rings. The standard InChI is InChI=1S/C18H19N3O2/c1-10-19-16-13(21(10)2)9-8-12-15(16)20-14(18(23)17(12)22)11-6-4-3-5-7-11/h3-7,14,18,20,23H,8-9H2,1-2H3. The highest BCUT2D eigenvalue weighted by Gasteiger charge is 2.40. The lowest BCUT2D eigenvalue weighted by Crippen LogP contribution is -2.44. The maximum atomic E-state index is 12.7. The van der Waals surface area contributed by atoms with Crippen molar-refractivity contribution in [1.82, 2.24) is 14.9 Å². The first-order valence-electron chi connectivity index (χ1n) is 7.87. The molecule has 23 heavy (non-hydrogen) atoms. The second-order valence-electron chi connectivity index (χ2n) is 6.21. The van der Waals surface area contributed by atoms with E-state index >= 15 is 0 Å². The van der Waals surface area contributed by atoms with Gasteiger partial charge in [-0.25, -0.2) is 4.98 Å². The third-order valence-corrected chi connectivity index (χ3v) is 4.93. The number of Topliss-reactive ketones (excluding diaryl/α,β-unsaturated/α-hetero) is 1. The van der Waals surface area contributed by atoms with Gasteiger partial charge in [0.25, 0.3) is 0 Å². The van der Waals surface area contributed by atoms with E-state index in [1.165, 1.54) is 0 Å². The van der Waals surface area contributed by atoms with Crippen LogP contribution in [0.1, 0.15) is 35.2 Å². The molecule has 5 nitrogen and oxygen atoms in total. The van der Waals surface area contributed by atoms with Crippen molar-refractivity contribution in [3.63, 3.8) is 0 Å². The minimum absolute atomic E-state index is 0.179. The summed E-state index contributed by atoms with van der Waals surface area (Å²) in [5, 5.41) is 13.8. The number of hydrogen-bond donors (Lipinski definition) is 2. The Morgan fingerprint density at radius 2 is 2.00 bits per heavy atom. The molecule has 0 amide bonds. The van der Waals surface area contributed by atoms with Crippen LogP contribution in [0.4, 0.5) is 0 Å². The number of aromatic nitrogens is 2. The number of fused-ring (bicyclic) bond motifs is 2. The summed E-state index contributed by atoms with van der Waals surface area (Å²) in [6, 6.07) is 9.16. The topological polar surface area (TPSA) is 67.2 Å². The first-order chi connectivity index (χ1) is 11.1. The first-order valence-corrected chi connectivity index (χ1v) is 7.87. The molecule has 2 aromatic rings. The van der Waals surface area contributed by atoms with Gasteiger partial charge in [0.1, 0.15) is 17.6 Å². The molecule has 118 valence electrons. The van der Waals surface area contributed by atoms with Crippen LogP contribution in [0.3, 0.4) is 0 Å². The Balaban J connectivity index is 1.83. The SMILES string of the molecule is Cc1nc2c(n1C)CCC1=C2NC(c2ccccc2)C(O)C1=O. The monoisotopic (exact) mass is 309 g/mol. The summed E-state index contributed by atoms with van der Waals surface area (Å²) in [7, 11) is 2.00. The van der Waals surface area contributed by atoms with Crippen molar-refractivity contribution in [2.24, 2.45) is 7.05 Å². The smallest absolute Gasteiger partial charge is 0.191 e. The Bertz CT molecular complexity index is 820. The van der Waals surface area contributed by atoms with Crippen LogP contribution in [-0.2, 0) is 18.3 Å². The Hall–Kier alpha value is -2.40. The lowest BCUT2D eigenvalue weighted by Gasteiger charge is -2.34. The van der Waals surface area contributed by atoms with Gasteiger partial charge >= 0.3 is 0 Å². The van der Waals surface area contributed by atoms with Crippen molar-refractivity contribution in [3.8, 4) is 0 Å². The summed E-state index contributed by atoms with van der Waals surface area (Å²) >= 11 is 0. The summed E-state index contributed by atoms with van der Waals surface area (Å²) in [5.74, 6) is 0.752. The number of hydrogen-bond acceptors (Lipinski definition) is 4. The van der Waals surface area contributed by atoms with Crippen molar-refractivity contribution < 1.29 is 9.90 Å². The molecule has 0 spiro atoms. The minimum atomic E-state index is -1.05. The van der Waals surface area contributed by atoms with E-state index in [-0.39, 0.29) is 5.78 Å². The number of nitrogens with one attached hydrogen (secondary N) is 1. The zero-order chi connectivity index (χ0) is 16.1. The maximum absolute atomic E-state index is 12.7. The molecule has 0 saturated carbocycles. The number of benzene rings is 1. The van der Waals surface area contributed by atoms with Gasteiger partial charge in [0.05, 0.1) is 11.7 Å². The Labute approximate surface area is 134 Å². The average Bonchev–Trinajstić information content (AvgIpc) is 2.86. The van der Waals surface area contributed by atoms with E-state index in [2.05, 4.69) is 14.9 Å². The van der Waals surface area contributed by atoms with Gasteiger partial charge in [0, 0.05) is 18.3 Å². The van der Waals surface area contributed by atoms with Gasteiger partial charge in [-0.1, -0.05) is 30.3 Å². The van der Waals surface area contributed by atoms with Crippen LogP contribution in [0.5, 0.6) is 0 Å². The quantitative estimate of drug-likeness (QED) is 0.841. The van der Waals surface area contributed by atoms with Crippen LogP contribution in [0.2, 0.25) is 0 Å². The molecule has 1 aliphatic carbocycles. The molecule has 1 aromatic carbocycles. The Kier molecular flexibility index (Phi) is 3.13. The van der Waals surface area contributed by atoms with Crippen LogP contribution in [-0.4, -0.2) is 26.5 Å². The molecule has 5 heteroatoms. The zero-order valence-electron chi connectivity index (χ0n) is 13.2. The van der Waals surface area contributed by atoms with Crippen molar-refractivity contribution in [3.05, 3.63) is 58.7 Å². The fourth-order valence-corrected chi connectivity index (χ4v) is 3.55. The third kappa shape index (κ3) is 2.04. The lowest BCUT2D eigenvalue weighted by atomic mass is 9.84. The molecule has 2 atom stereocenters. The summed E-state index contributed by atoms with van der Waals surface area (Å²) in [5.41, 5.74) is 4.37. The van der Waals surface area contributed by atoms with Gasteiger partial charge < -0.3 is 15.0 Å². The van der Waals surface area contributed by atoms with Gasteiger partial charge in [-0.2, -0.15) is 0 Å². The molecular weight excluding hydrogens is 290 g/mol. The summed E-state index contributed by atoms with van der Waals surface area (Å²) in [6.45, 7) is 1.97. The molecule has 0 saturated heterocycles. The van der Waals surface area contributed by atoms with E-state index in [1.807, 2.05) is 44.3 Å². The lowest BCUT2D eigenvalue weighted by molar-refractivity contribution is -0.125. The van der Waals surface area contributed by atoms with E-state index in [9.17, 15) is 9.90 Å². The Morgan fingerprint density at radius 3 is 2.74 bits per heavy atom. The predicted octanol–water partition coefficient (Wildman–Crippen LogP) is 1.66. The highest BCUT2D eigenvalue weighted by Crippen LogP contribution is 2.37. The molecule has 2 unspecified atom stereocenters. The molecule has 2 heterocycles. The van der Waals surface area contributed by atoms with Crippen LogP contribution in [0, 0.1) is 6.92 Å². The fourth-order valence-electron chi connectivity index (χ4n) is 3.55. The molecule has 1 aliphatic heterocycles. The van der Waals surface area contributed by atoms with Gasteiger partial charge in [-0.3, -0.25) is 4.79 Å². The zero-order valence-corrected chi connectivity index (χ0v) is 13.2. The highest BCUT2D eigenvalue weighted by molar-refractivity contribution is 6.07. The fraction of sp³-hybridized carbons (Fsp3) is 0.333. The largest absolute Gasteiger partial charge is 0.382 e. The number of nitrogens with zero attached hydrogens (tertiary/aromatic N) is 2. The first kappa shape index (κ1) is 14.2. The molecule has 2 aliphatic rings. The highest BCUT2D eigenvalue weighted by atomic mass is 16.3. The van der Waals surface area contributed by atoms with Gasteiger partial charge in [-0.15, -0.1) is 0 Å². The second kappa shape index (κ2) is 5.06. The maximum Gasteiger partial charge on any atom is 0.191 e. The van der Waals surface area contributed by atoms with E-state index in [4.69, 9.17) is 0 Å². The number of aryl methyl sites for hydroxylation is 1. The van der Waals surface area contributed by atoms with Crippen LogP contribution >= 0.6 is 0 Å². The van der Waals surface area contributed by atoms with Crippen LogP contribution in [0.15, 0.2) is 35.9 Å². The second-order valence-corrected chi connectivity index (χ2v) is 6.21. The van der Waals surface area contributed by atoms with Crippen LogP contribution in [0.25, 0.3) is 5.70 Å². The number of rotatable bonds is 1. The van der Waals surface area contributed by atoms with Crippen molar-refractivity contribution in [2.45, 2.75) is 31.9 Å². The van der Waals surface area contributed by atoms with Gasteiger partial charge in [-0.05, 0) is 25.3 Å². The van der Waals surface area contributed by atoms with Gasteiger partial charge in [0.15, 0.2) is 5.78 Å². The number of carbonyl (C=O) groups is 1. The summed E-state index contributed by atoms with van der Waals surface area (Å²) in [4.78, 5) is 17.3. The molecule has 0 bridgehead atoms. The number of imidazole rings is 1. The normalized spacial score (nSPS) is 23.3. The molecule has 1 aromatic heterocycles. The summed E-state index contributed by atoms with van der Waals surface area (Å²) in [6.07, 6.45) is 0.371. The van der Waals surface area contributed by atoms with Crippen molar-refractivity contribution >= 4 is 11.5 Å². The minimum Gasteiger partial charge on any atom is -0.382 e. The number of aliphatic hydroxyl groups is 1.